The van der Waals surface area contributed by atoms with Gasteiger partial charge in [0, 0.05) is 24.8 Å². The number of ether oxygens (including phenoxy) is 1. The second-order valence-corrected chi connectivity index (χ2v) is 13.1. The zero-order valence-corrected chi connectivity index (χ0v) is 27.0. The lowest BCUT2D eigenvalue weighted by atomic mass is 9.98. The summed E-state index contributed by atoms with van der Waals surface area (Å²) in [4.78, 5) is 23.7. The van der Waals surface area contributed by atoms with Gasteiger partial charge in [0.1, 0.15) is 5.75 Å². The Balaban J connectivity index is 0.000000349. The molecule has 10 heteroatoms. The second kappa shape index (κ2) is 15.9. The van der Waals surface area contributed by atoms with Gasteiger partial charge in [-0.1, -0.05) is 97.1 Å². The SMILES string of the molecule is N#Cc1ccc2c(c1)OCCC2NC(=O)CC(NS(=O)(=O)c1ccc2ccccc2c1)c1ccccc1.NC(=O)CCc1ccccc1. The van der Waals surface area contributed by atoms with Gasteiger partial charge in [0.15, 0.2) is 0 Å². The number of benzene rings is 5. The summed E-state index contributed by atoms with van der Waals surface area (Å²) in [6, 6.07) is 37.6. The highest BCUT2D eigenvalue weighted by molar-refractivity contribution is 7.89. The number of nitriles is 1. The number of nitrogens with one attached hydrogen (secondary N) is 2. The summed E-state index contributed by atoms with van der Waals surface area (Å²) in [5.74, 6) is 0.0401. The van der Waals surface area contributed by atoms with Crippen molar-refractivity contribution in [1.82, 2.24) is 10.0 Å². The number of amides is 2. The van der Waals surface area contributed by atoms with Crippen molar-refractivity contribution in [1.29, 1.82) is 5.26 Å². The Morgan fingerprint density at radius 1 is 0.875 bits per heavy atom. The number of rotatable bonds is 10. The van der Waals surface area contributed by atoms with E-state index in [4.69, 9.17) is 15.7 Å². The summed E-state index contributed by atoms with van der Waals surface area (Å²) in [6.07, 6.45) is 1.67. The van der Waals surface area contributed by atoms with Crippen LogP contribution >= 0.6 is 0 Å². The fourth-order valence-corrected chi connectivity index (χ4v) is 6.72. The van der Waals surface area contributed by atoms with Crippen molar-refractivity contribution >= 4 is 32.6 Å². The van der Waals surface area contributed by atoms with E-state index in [9.17, 15) is 18.0 Å². The van der Waals surface area contributed by atoms with Gasteiger partial charge in [-0.25, -0.2) is 13.1 Å². The first-order valence-corrected chi connectivity index (χ1v) is 17.0. The number of carbonyl (C=O) groups excluding carboxylic acids is 2. The molecule has 0 bridgehead atoms. The summed E-state index contributed by atoms with van der Waals surface area (Å²) in [5.41, 5.74) is 8.13. The lowest BCUT2D eigenvalue weighted by molar-refractivity contribution is -0.122. The molecule has 4 N–H and O–H groups in total. The number of aryl methyl sites for hydroxylation is 1. The Hall–Kier alpha value is -5.50. The van der Waals surface area contributed by atoms with Gasteiger partial charge in [-0.3, -0.25) is 9.59 Å². The molecule has 0 radical (unpaired) electrons. The largest absolute Gasteiger partial charge is 0.493 e. The molecule has 1 aliphatic heterocycles. The molecule has 9 nitrogen and oxygen atoms in total. The number of sulfonamides is 1. The molecule has 2 amide bonds. The van der Waals surface area contributed by atoms with E-state index in [0.717, 1.165) is 28.3 Å². The number of hydrogen-bond donors (Lipinski definition) is 3. The van der Waals surface area contributed by atoms with E-state index in [0.29, 0.717) is 36.3 Å². The van der Waals surface area contributed by atoms with Gasteiger partial charge >= 0.3 is 0 Å². The third kappa shape index (κ3) is 9.06. The van der Waals surface area contributed by atoms with Gasteiger partial charge in [-0.2, -0.15) is 5.26 Å². The summed E-state index contributed by atoms with van der Waals surface area (Å²) in [6.45, 7) is 0.406. The first-order valence-electron chi connectivity index (χ1n) is 15.6. The van der Waals surface area contributed by atoms with Gasteiger partial charge in [0.2, 0.25) is 21.8 Å². The normalized spacial score (nSPS) is 14.3. The van der Waals surface area contributed by atoms with E-state index in [2.05, 4.69) is 16.1 Å². The highest BCUT2D eigenvalue weighted by Gasteiger charge is 2.27. The fourth-order valence-electron chi connectivity index (χ4n) is 5.46. The molecule has 244 valence electrons. The third-order valence-corrected chi connectivity index (χ3v) is 9.41. The molecule has 6 rings (SSSR count). The number of nitrogens with two attached hydrogens (primary N) is 1. The molecule has 48 heavy (non-hydrogen) atoms. The van der Waals surface area contributed by atoms with Crippen molar-refractivity contribution in [2.45, 2.75) is 42.7 Å². The quantitative estimate of drug-likeness (QED) is 0.171. The van der Waals surface area contributed by atoms with Crippen LogP contribution < -0.4 is 20.5 Å². The zero-order chi connectivity index (χ0) is 33.9. The van der Waals surface area contributed by atoms with Crippen LogP contribution in [0.3, 0.4) is 0 Å². The molecule has 5 aromatic rings. The van der Waals surface area contributed by atoms with Crippen LogP contribution in [-0.4, -0.2) is 26.8 Å². The maximum atomic E-state index is 13.4. The summed E-state index contributed by atoms with van der Waals surface area (Å²) < 4.78 is 35.2. The predicted octanol–water partition coefficient (Wildman–Crippen LogP) is 5.87. The van der Waals surface area contributed by atoms with Crippen LogP contribution in [0.5, 0.6) is 5.75 Å². The molecule has 0 aromatic heterocycles. The molecule has 0 spiro atoms. The van der Waals surface area contributed by atoms with E-state index in [1.54, 1.807) is 48.5 Å². The van der Waals surface area contributed by atoms with E-state index in [1.807, 2.05) is 72.8 Å². The van der Waals surface area contributed by atoms with Crippen molar-refractivity contribution in [3.8, 4) is 11.8 Å². The van der Waals surface area contributed by atoms with Crippen LogP contribution in [-0.2, 0) is 26.0 Å². The Bertz CT molecular complexity index is 2030. The van der Waals surface area contributed by atoms with Crippen LogP contribution in [0.4, 0.5) is 0 Å². The summed E-state index contributed by atoms with van der Waals surface area (Å²) in [7, 11) is -3.91. The molecule has 2 atom stereocenters. The van der Waals surface area contributed by atoms with E-state index < -0.39 is 16.1 Å². The molecule has 1 aliphatic rings. The standard InChI is InChI=1S/C29H25N3O4S.C9H11NO/c30-19-20-10-13-25-26(14-15-36-28(25)16-20)31-29(33)18-27(22-7-2-1-3-8-22)32-37(34,35)24-12-11-21-6-4-5-9-23(21)17-24;10-9(11)7-6-8-4-2-1-3-5-8/h1-13,16-17,26-27,32H,14-15,18H2,(H,31,33);1-5H,6-7H2,(H2,10,11). The van der Waals surface area contributed by atoms with E-state index in [-0.39, 0.29) is 29.2 Å². The Kier molecular flexibility index (Phi) is 11.2. The molecular weight excluding hydrogens is 625 g/mol. The van der Waals surface area contributed by atoms with Crippen molar-refractivity contribution < 1.29 is 22.7 Å². The molecule has 5 aromatic carbocycles. The molecular formula is C38H36N4O5S. The fraction of sp³-hybridized carbons (Fsp3) is 0.184. The Morgan fingerprint density at radius 2 is 1.56 bits per heavy atom. The number of hydrogen-bond acceptors (Lipinski definition) is 6. The summed E-state index contributed by atoms with van der Waals surface area (Å²) >= 11 is 0. The third-order valence-electron chi connectivity index (χ3n) is 7.94. The minimum absolute atomic E-state index is 0.0835. The summed E-state index contributed by atoms with van der Waals surface area (Å²) in [5, 5.41) is 13.9. The number of primary amides is 1. The second-order valence-electron chi connectivity index (χ2n) is 11.4. The number of carbonyl (C=O) groups is 2. The zero-order valence-electron chi connectivity index (χ0n) is 26.2. The molecule has 1 heterocycles. The Labute approximate surface area is 280 Å². The smallest absolute Gasteiger partial charge is 0.241 e. The van der Waals surface area contributed by atoms with Gasteiger partial charge < -0.3 is 15.8 Å². The molecule has 0 saturated carbocycles. The molecule has 0 saturated heterocycles. The van der Waals surface area contributed by atoms with Crippen LogP contribution in [0.15, 0.2) is 126 Å². The van der Waals surface area contributed by atoms with Crippen LogP contribution in [0.1, 0.15) is 53.6 Å². The lowest BCUT2D eigenvalue weighted by Gasteiger charge is -2.27. The highest BCUT2D eigenvalue weighted by Crippen LogP contribution is 2.33. The Morgan fingerprint density at radius 3 is 2.27 bits per heavy atom. The molecule has 0 aliphatic carbocycles. The van der Waals surface area contributed by atoms with Gasteiger partial charge in [0.25, 0.3) is 0 Å². The minimum Gasteiger partial charge on any atom is -0.493 e. The van der Waals surface area contributed by atoms with Crippen LogP contribution in [0, 0.1) is 11.3 Å². The topological polar surface area (TPSA) is 151 Å². The van der Waals surface area contributed by atoms with E-state index >= 15 is 0 Å². The highest BCUT2D eigenvalue weighted by atomic mass is 32.2. The molecule has 0 fully saturated rings. The monoisotopic (exact) mass is 660 g/mol. The van der Waals surface area contributed by atoms with Crippen molar-refractivity contribution in [3.05, 3.63) is 144 Å². The number of fused-ring (bicyclic) bond motifs is 2. The predicted molar refractivity (Wildman–Crippen MR) is 184 cm³/mol. The lowest BCUT2D eigenvalue weighted by Crippen LogP contribution is -2.36. The van der Waals surface area contributed by atoms with Gasteiger partial charge in [0.05, 0.1) is 35.2 Å². The van der Waals surface area contributed by atoms with Crippen molar-refractivity contribution in [2.24, 2.45) is 5.73 Å². The van der Waals surface area contributed by atoms with Crippen LogP contribution in [0.2, 0.25) is 0 Å². The van der Waals surface area contributed by atoms with Crippen LogP contribution in [0.25, 0.3) is 10.8 Å². The average molecular weight is 661 g/mol. The van der Waals surface area contributed by atoms with Gasteiger partial charge in [-0.15, -0.1) is 0 Å². The van der Waals surface area contributed by atoms with Gasteiger partial charge in [-0.05, 0) is 52.6 Å². The minimum atomic E-state index is -3.91. The van der Waals surface area contributed by atoms with Crippen molar-refractivity contribution in [2.75, 3.05) is 6.61 Å². The maximum Gasteiger partial charge on any atom is 0.241 e. The van der Waals surface area contributed by atoms with E-state index in [1.165, 1.54) is 0 Å². The average Bonchev–Trinajstić information content (AvgIpc) is 3.11. The van der Waals surface area contributed by atoms with Crippen molar-refractivity contribution in [3.63, 3.8) is 0 Å². The molecule has 2 unspecified atom stereocenters. The number of nitrogens with zero attached hydrogens (tertiary/aromatic N) is 1. The maximum absolute atomic E-state index is 13.4. The first-order chi connectivity index (χ1) is 23.2. The first kappa shape index (κ1) is 33.9.